The number of aromatic amines is 1. The van der Waals surface area contributed by atoms with E-state index in [9.17, 15) is 14.7 Å². The molecule has 2 N–H and O–H groups in total. The van der Waals surface area contributed by atoms with Crippen LogP contribution in [0.5, 0.6) is 0 Å². The van der Waals surface area contributed by atoms with Crippen LogP contribution in [-0.4, -0.2) is 39.1 Å². The molecule has 0 amide bonds. The number of hydrogen-bond acceptors (Lipinski definition) is 5. The molecule has 0 bridgehead atoms. The second-order valence-electron chi connectivity index (χ2n) is 8.13. The first-order valence-corrected chi connectivity index (χ1v) is 9.95. The van der Waals surface area contributed by atoms with Crippen LogP contribution in [0.3, 0.4) is 0 Å². The van der Waals surface area contributed by atoms with Gasteiger partial charge in [-0.25, -0.2) is 14.8 Å². The lowest BCUT2D eigenvalue weighted by molar-refractivity contribution is 0.0699. The fraction of sp³-hybridized carbons (Fsp3) is 0.364. The number of fused-ring (bicyclic) bond motifs is 3. The van der Waals surface area contributed by atoms with E-state index in [1.807, 2.05) is 25.1 Å². The van der Waals surface area contributed by atoms with Crippen LogP contribution in [0.25, 0.3) is 10.9 Å². The number of aromatic nitrogens is 3. The molecular formula is C22H22N4O3. The lowest BCUT2D eigenvalue weighted by Gasteiger charge is -2.41. The summed E-state index contributed by atoms with van der Waals surface area (Å²) < 4.78 is 0. The van der Waals surface area contributed by atoms with Crippen molar-refractivity contribution in [1.82, 2.24) is 15.0 Å². The van der Waals surface area contributed by atoms with Crippen LogP contribution in [0.2, 0.25) is 0 Å². The van der Waals surface area contributed by atoms with Gasteiger partial charge in [0.1, 0.15) is 11.6 Å². The largest absolute Gasteiger partial charge is 0.478 e. The molecule has 3 aromatic rings. The van der Waals surface area contributed by atoms with Gasteiger partial charge in [-0.15, -0.1) is 0 Å². The number of carboxylic acid groups (broad SMARTS) is 1. The molecule has 1 saturated heterocycles. The fourth-order valence-electron chi connectivity index (χ4n) is 4.99. The van der Waals surface area contributed by atoms with Gasteiger partial charge in [-0.05, 0) is 44.7 Å². The average Bonchev–Trinajstić information content (AvgIpc) is 3.05. The summed E-state index contributed by atoms with van der Waals surface area (Å²) in [6, 6.07) is 9.01. The number of carbonyl (C=O) groups is 1. The Hall–Kier alpha value is -3.22. The predicted octanol–water partition coefficient (Wildman–Crippen LogP) is 2.81. The lowest BCUT2D eigenvalue weighted by Crippen LogP contribution is -2.46. The minimum atomic E-state index is -0.952. The first-order valence-electron chi connectivity index (χ1n) is 9.95. The molecule has 148 valence electrons. The van der Waals surface area contributed by atoms with Gasteiger partial charge in [0.25, 0.3) is 5.56 Å². The monoisotopic (exact) mass is 390 g/mol. The molecule has 0 radical (unpaired) electrons. The number of aryl methyl sites for hydroxylation is 1. The van der Waals surface area contributed by atoms with E-state index in [4.69, 9.17) is 9.97 Å². The van der Waals surface area contributed by atoms with Crippen LogP contribution in [-0.2, 0) is 11.8 Å². The number of nitrogens with one attached hydrogen (secondary N) is 1. The van der Waals surface area contributed by atoms with E-state index < -0.39 is 5.97 Å². The van der Waals surface area contributed by atoms with Crippen molar-refractivity contribution in [1.29, 1.82) is 0 Å². The Morgan fingerprint density at radius 1 is 1.24 bits per heavy atom. The quantitative estimate of drug-likeness (QED) is 0.698. The van der Waals surface area contributed by atoms with Crippen LogP contribution in [0.15, 0.2) is 35.1 Å². The lowest BCUT2D eigenvalue weighted by atomic mass is 9.77. The number of para-hydroxylation sites is 1. The maximum absolute atomic E-state index is 12.4. The number of nitrogens with zero attached hydrogens (tertiary/aromatic N) is 3. The van der Waals surface area contributed by atoms with Gasteiger partial charge in [0.05, 0.1) is 16.8 Å². The molecule has 1 spiro atoms. The van der Waals surface area contributed by atoms with Crippen LogP contribution in [0, 0.1) is 6.92 Å². The number of pyridine rings is 1. The molecule has 7 nitrogen and oxygen atoms in total. The summed E-state index contributed by atoms with van der Waals surface area (Å²) in [6.45, 7) is 3.32. The normalized spacial score (nSPS) is 20.9. The zero-order chi connectivity index (χ0) is 20.2. The highest BCUT2D eigenvalue weighted by Gasteiger charge is 2.45. The number of aromatic carboxylic acids is 1. The maximum Gasteiger partial charge on any atom is 0.336 e. The van der Waals surface area contributed by atoms with Crippen molar-refractivity contribution in [2.75, 3.05) is 18.0 Å². The minimum absolute atomic E-state index is 0.0292. The van der Waals surface area contributed by atoms with Crippen molar-refractivity contribution >= 4 is 22.7 Å². The van der Waals surface area contributed by atoms with Gasteiger partial charge in [0.2, 0.25) is 0 Å². The van der Waals surface area contributed by atoms with E-state index in [0.29, 0.717) is 29.1 Å². The summed E-state index contributed by atoms with van der Waals surface area (Å²) in [5.74, 6) is 0.367. The number of benzene rings is 1. The first kappa shape index (κ1) is 17.8. The molecule has 2 aliphatic rings. The van der Waals surface area contributed by atoms with Gasteiger partial charge >= 0.3 is 5.97 Å². The maximum atomic E-state index is 12.4. The Kier molecular flexibility index (Phi) is 3.94. The Labute approximate surface area is 167 Å². The molecule has 1 atom stereocenters. The van der Waals surface area contributed by atoms with Crippen LogP contribution in [0.1, 0.15) is 46.7 Å². The third-order valence-corrected chi connectivity index (χ3v) is 6.32. The third kappa shape index (κ3) is 2.80. The number of rotatable bonds is 2. The SMILES string of the molecule is Cc1nc2c(c(=O)[nH]1)CCC21CCCN(c2cc(C(=O)O)c3ccccc3n2)C1. The Morgan fingerprint density at radius 3 is 2.90 bits per heavy atom. The van der Waals surface area contributed by atoms with Gasteiger partial charge in [0.15, 0.2) is 0 Å². The number of H-pyrrole nitrogens is 1. The van der Waals surface area contributed by atoms with E-state index in [0.717, 1.165) is 43.5 Å². The zero-order valence-electron chi connectivity index (χ0n) is 16.2. The van der Waals surface area contributed by atoms with E-state index in [2.05, 4.69) is 9.88 Å². The van der Waals surface area contributed by atoms with Crippen LogP contribution < -0.4 is 10.5 Å². The van der Waals surface area contributed by atoms with Crippen molar-refractivity contribution in [3.8, 4) is 0 Å². The molecular weight excluding hydrogens is 368 g/mol. The highest BCUT2D eigenvalue weighted by molar-refractivity contribution is 6.03. The fourth-order valence-corrected chi connectivity index (χ4v) is 4.99. The molecule has 5 rings (SSSR count). The average molecular weight is 390 g/mol. The smallest absolute Gasteiger partial charge is 0.336 e. The second-order valence-corrected chi connectivity index (χ2v) is 8.13. The number of hydrogen-bond donors (Lipinski definition) is 2. The third-order valence-electron chi connectivity index (χ3n) is 6.32. The Balaban J connectivity index is 1.58. The van der Waals surface area contributed by atoms with Crippen molar-refractivity contribution in [2.45, 2.75) is 38.0 Å². The topological polar surface area (TPSA) is 99.2 Å². The standard InChI is InChI=1S/C22H22N4O3/c1-13-23-19-15(20(27)24-13)7-9-22(19)8-4-10-26(12-22)18-11-16(21(28)29)14-5-2-3-6-17(14)25-18/h2-3,5-6,11H,4,7-10,12H2,1H3,(H,28,29)(H,23,24,27). The molecule has 1 fully saturated rings. The van der Waals surface area contributed by atoms with Crippen LogP contribution >= 0.6 is 0 Å². The zero-order valence-corrected chi connectivity index (χ0v) is 16.2. The van der Waals surface area contributed by atoms with Crippen molar-refractivity contribution in [3.05, 3.63) is 63.3 Å². The van der Waals surface area contributed by atoms with Crippen molar-refractivity contribution < 1.29 is 9.90 Å². The second kappa shape index (κ2) is 6.40. The highest BCUT2D eigenvalue weighted by atomic mass is 16.4. The van der Waals surface area contributed by atoms with E-state index in [1.165, 1.54) is 0 Å². The predicted molar refractivity (Wildman–Crippen MR) is 110 cm³/mol. The number of piperidine rings is 1. The Morgan fingerprint density at radius 2 is 2.07 bits per heavy atom. The van der Waals surface area contributed by atoms with E-state index in [-0.39, 0.29) is 16.5 Å². The molecule has 1 unspecified atom stereocenters. The van der Waals surface area contributed by atoms with Gasteiger partial charge in [-0.3, -0.25) is 4.79 Å². The molecule has 0 saturated carbocycles. The molecule has 2 aromatic heterocycles. The van der Waals surface area contributed by atoms with Crippen LogP contribution in [0.4, 0.5) is 5.82 Å². The molecule has 29 heavy (non-hydrogen) atoms. The van der Waals surface area contributed by atoms with E-state index >= 15 is 0 Å². The number of carboxylic acids is 1. The summed E-state index contributed by atoms with van der Waals surface area (Å²) >= 11 is 0. The summed E-state index contributed by atoms with van der Waals surface area (Å²) in [5, 5.41) is 10.4. The van der Waals surface area contributed by atoms with Gasteiger partial charge < -0.3 is 15.0 Å². The summed E-state index contributed by atoms with van der Waals surface area (Å²) in [4.78, 5) is 38.7. The summed E-state index contributed by atoms with van der Waals surface area (Å²) in [7, 11) is 0. The summed E-state index contributed by atoms with van der Waals surface area (Å²) in [6.07, 6.45) is 3.55. The number of anilines is 1. The molecule has 1 aliphatic carbocycles. The van der Waals surface area contributed by atoms with Crippen molar-refractivity contribution in [2.24, 2.45) is 0 Å². The van der Waals surface area contributed by atoms with Gasteiger partial charge in [-0.1, -0.05) is 18.2 Å². The molecule has 3 heterocycles. The highest BCUT2D eigenvalue weighted by Crippen LogP contribution is 2.43. The Bertz CT molecular complexity index is 1200. The van der Waals surface area contributed by atoms with Gasteiger partial charge in [-0.2, -0.15) is 0 Å². The van der Waals surface area contributed by atoms with Gasteiger partial charge in [0, 0.05) is 29.5 Å². The minimum Gasteiger partial charge on any atom is -0.478 e. The molecule has 7 heteroatoms. The summed E-state index contributed by atoms with van der Waals surface area (Å²) in [5.41, 5.74) is 2.46. The van der Waals surface area contributed by atoms with Crippen molar-refractivity contribution in [3.63, 3.8) is 0 Å². The molecule has 1 aromatic carbocycles. The molecule has 1 aliphatic heterocycles. The van der Waals surface area contributed by atoms with E-state index in [1.54, 1.807) is 12.1 Å². The first-order chi connectivity index (χ1) is 14.0.